The quantitative estimate of drug-likeness (QED) is 0.282. The number of hydrogen-bond acceptors (Lipinski definition) is 7. The molecule has 4 rings (SSSR count). The molecule has 3 atom stereocenters. The van der Waals surface area contributed by atoms with Crippen molar-refractivity contribution in [2.24, 2.45) is 5.92 Å². The van der Waals surface area contributed by atoms with Crippen molar-refractivity contribution < 1.29 is 19.1 Å². The molecule has 2 fully saturated rings. The zero-order valence-corrected chi connectivity index (χ0v) is 16.2. The maximum absolute atomic E-state index is 11.4. The zero-order chi connectivity index (χ0) is 17.8. The van der Waals surface area contributed by atoms with Crippen molar-refractivity contribution in [3.8, 4) is 0 Å². The van der Waals surface area contributed by atoms with Gasteiger partial charge in [0, 0.05) is 18.5 Å². The number of nitrogens with one attached hydrogen (secondary N) is 1. The molecule has 0 unspecified atom stereocenters. The number of nitrogen functional groups attached to an aromatic ring is 1. The van der Waals surface area contributed by atoms with Crippen LogP contribution in [0.3, 0.4) is 0 Å². The summed E-state index contributed by atoms with van der Waals surface area (Å²) in [7, 11) is -4.26. The first-order chi connectivity index (χ1) is 11.8. The van der Waals surface area contributed by atoms with Crippen LogP contribution < -0.4 is 11.1 Å². The topological polar surface area (TPSA) is 148 Å². The van der Waals surface area contributed by atoms with Gasteiger partial charge in [0.05, 0.1) is 6.33 Å². The van der Waals surface area contributed by atoms with Gasteiger partial charge < -0.3 is 30.1 Å². The van der Waals surface area contributed by atoms with Crippen molar-refractivity contribution >= 4 is 53.1 Å². The minimum atomic E-state index is -4.26. The maximum Gasteiger partial charge on any atom is 0.354 e. The Morgan fingerprint density at radius 2 is 2.20 bits per heavy atom. The summed E-state index contributed by atoms with van der Waals surface area (Å²) in [5, 5.41) is 3.31. The highest BCUT2D eigenvalue weighted by Gasteiger charge is 2.43. The Morgan fingerprint density at radius 3 is 2.84 bits per heavy atom. The monoisotopic (exact) mass is 480 g/mol. The first-order valence-electron chi connectivity index (χ1n) is 7.91. The number of anilines is 2. The fourth-order valence-electron chi connectivity index (χ4n) is 2.93. The lowest BCUT2D eigenvalue weighted by Crippen LogP contribution is -2.15. The molecule has 0 aromatic carbocycles. The van der Waals surface area contributed by atoms with Crippen molar-refractivity contribution in [1.82, 2.24) is 19.5 Å². The smallest absolute Gasteiger partial charge is 0.354 e. The molecule has 1 aliphatic heterocycles. The molecule has 1 aliphatic carbocycles. The van der Waals surface area contributed by atoms with Crippen molar-refractivity contribution in [1.29, 1.82) is 0 Å². The van der Waals surface area contributed by atoms with E-state index in [0.29, 0.717) is 29.6 Å². The average molecular weight is 480 g/mol. The minimum absolute atomic E-state index is 0.0633. The van der Waals surface area contributed by atoms with Crippen molar-refractivity contribution in [3.05, 3.63) is 6.33 Å². The molecule has 2 aromatic rings. The number of nitrogens with zero attached hydrogens (tertiary/aromatic N) is 4. The predicted octanol–water partition coefficient (Wildman–Crippen LogP) is 1.28. The largest absolute Gasteiger partial charge is 0.368 e. The molecule has 1 saturated carbocycles. The summed E-state index contributed by atoms with van der Waals surface area (Å²) in [4.78, 5) is 31.6. The van der Waals surface area contributed by atoms with Gasteiger partial charge in [-0.2, -0.15) is 9.97 Å². The predicted molar refractivity (Wildman–Crippen MR) is 99.2 cm³/mol. The molecule has 2 aromatic heterocycles. The zero-order valence-electron chi connectivity index (χ0n) is 13.1. The van der Waals surface area contributed by atoms with Gasteiger partial charge in [0.1, 0.15) is 4.11 Å². The molecule has 10 nitrogen and oxygen atoms in total. The van der Waals surface area contributed by atoms with E-state index in [0.717, 1.165) is 12.8 Å². The van der Waals surface area contributed by atoms with E-state index >= 15 is 0 Å². The third-order valence-electron chi connectivity index (χ3n) is 4.37. The van der Waals surface area contributed by atoms with E-state index in [1.165, 1.54) is 0 Å². The summed E-state index contributed by atoms with van der Waals surface area (Å²) in [6, 6.07) is 0.411. The Labute approximate surface area is 156 Å². The lowest BCUT2D eigenvalue weighted by molar-refractivity contribution is 0.121. The second-order valence-electron chi connectivity index (χ2n) is 6.44. The Balaban J connectivity index is 1.59. The Hall–Kier alpha value is -1.01. The van der Waals surface area contributed by atoms with Crippen LogP contribution >= 0.6 is 30.2 Å². The van der Waals surface area contributed by atoms with Gasteiger partial charge in [0.2, 0.25) is 5.95 Å². The Morgan fingerprint density at radius 1 is 1.44 bits per heavy atom. The second-order valence-corrected chi connectivity index (χ2v) is 9.43. The molecule has 0 amide bonds. The van der Waals surface area contributed by atoms with E-state index in [4.69, 9.17) is 10.5 Å². The third kappa shape index (κ3) is 3.61. The van der Waals surface area contributed by atoms with E-state index < -0.39 is 13.4 Å². The average Bonchev–Trinajstić information content (AvgIpc) is 3.12. The Kier molecular flexibility index (Phi) is 4.39. The summed E-state index contributed by atoms with van der Waals surface area (Å²) < 4.78 is 18.4. The summed E-state index contributed by atoms with van der Waals surface area (Å²) in [6.45, 7) is 0.486. The van der Waals surface area contributed by atoms with Gasteiger partial charge in [0.25, 0.3) is 0 Å². The van der Waals surface area contributed by atoms with E-state index in [2.05, 4.69) is 42.9 Å². The molecule has 5 N–H and O–H groups in total. The van der Waals surface area contributed by atoms with E-state index in [1.807, 2.05) is 4.57 Å². The number of alkyl halides is 1. The van der Waals surface area contributed by atoms with E-state index in [-0.39, 0.29) is 22.4 Å². The molecule has 0 spiro atoms. The lowest BCUT2D eigenvalue weighted by atomic mass is 10.1. The standard InChI is InChI=1S/C13H18IN6O4P/c14-10-6(3-8(24-10)25(21,22)23)4-20-5-16-9-11(17-7-1-2-7)18-13(15)19-12(9)20/h5-8,10H,1-4H2,(H2,21,22,23)(H3,15,17,18,19)/t6-,8+,10+/m1/s1. The lowest BCUT2D eigenvalue weighted by Gasteiger charge is -2.13. The van der Waals surface area contributed by atoms with Gasteiger partial charge in [-0.15, -0.1) is 0 Å². The molecule has 3 heterocycles. The SMILES string of the molecule is Nc1nc(NC2CC2)c2ncn(C[C@H]3C[C@H](P(=O)(O)O)O[C@@H]3I)c2n1. The van der Waals surface area contributed by atoms with Crippen LogP contribution in [0.1, 0.15) is 19.3 Å². The number of halogens is 1. The molecule has 0 bridgehead atoms. The molecule has 2 aliphatic rings. The Bertz CT molecular complexity index is 852. The van der Waals surface area contributed by atoms with Crippen molar-refractivity contribution in [2.75, 3.05) is 11.1 Å². The number of aromatic nitrogens is 4. The fourth-order valence-corrected chi connectivity index (χ4v) is 4.87. The summed E-state index contributed by atoms with van der Waals surface area (Å²) in [5.41, 5.74) is 7.09. The third-order valence-corrected chi connectivity index (χ3v) is 6.76. The number of rotatable bonds is 5. The normalized spacial score (nSPS) is 27.1. The van der Waals surface area contributed by atoms with Crippen LogP contribution in [0.15, 0.2) is 6.33 Å². The minimum Gasteiger partial charge on any atom is -0.368 e. The summed E-state index contributed by atoms with van der Waals surface area (Å²) in [5.74, 6) is -0.322. The van der Waals surface area contributed by atoms with Crippen LogP contribution in [0.25, 0.3) is 11.2 Å². The summed E-state index contributed by atoms with van der Waals surface area (Å²) in [6.07, 6.45) is 4.15. The number of fused-ring (bicyclic) bond motifs is 1. The molecule has 25 heavy (non-hydrogen) atoms. The first-order valence-corrected chi connectivity index (χ1v) is 10.8. The highest BCUT2D eigenvalue weighted by molar-refractivity contribution is 14.1. The molecular weight excluding hydrogens is 462 g/mol. The molecule has 1 saturated heterocycles. The molecule has 12 heteroatoms. The number of imidazole rings is 1. The summed E-state index contributed by atoms with van der Waals surface area (Å²) >= 11 is 2.07. The van der Waals surface area contributed by atoms with Gasteiger partial charge in [-0.3, -0.25) is 4.57 Å². The van der Waals surface area contributed by atoms with Gasteiger partial charge in [-0.25, -0.2) is 4.98 Å². The maximum atomic E-state index is 11.4. The van der Waals surface area contributed by atoms with Gasteiger partial charge in [-0.1, -0.05) is 22.6 Å². The highest BCUT2D eigenvalue weighted by atomic mass is 127. The van der Waals surface area contributed by atoms with Gasteiger partial charge in [0.15, 0.2) is 22.8 Å². The fraction of sp³-hybridized carbons (Fsp3) is 0.615. The number of nitrogens with two attached hydrogens (primary N) is 1. The van der Waals surface area contributed by atoms with Crippen molar-refractivity contribution in [2.45, 2.75) is 41.8 Å². The van der Waals surface area contributed by atoms with Gasteiger partial charge in [-0.05, 0) is 19.3 Å². The van der Waals surface area contributed by atoms with Crippen LogP contribution in [0, 0.1) is 5.92 Å². The highest BCUT2D eigenvalue weighted by Crippen LogP contribution is 2.51. The van der Waals surface area contributed by atoms with Crippen LogP contribution in [0.2, 0.25) is 0 Å². The van der Waals surface area contributed by atoms with Crippen LogP contribution in [-0.4, -0.2) is 45.3 Å². The molecule has 0 radical (unpaired) electrons. The van der Waals surface area contributed by atoms with E-state index in [1.54, 1.807) is 6.33 Å². The molecule has 136 valence electrons. The number of hydrogen-bond donors (Lipinski definition) is 4. The van der Waals surface area contributed by atoms with Crippen molar-refractivity contribution in [3.63, 3.8) is 0 Å². The van der Waals surface area contributed by atoms with Crippen LogP contribution in [0.5, 0.6) is 0 Å². The molecular formula is C13H18IN6O4P. The first kappa shape index (κ1) is 17.4. The van der Waals surface area contributed by atoms with Gasteiger partial charge >= 0.3 is 7.60 Å². The number of ether oxygens (including phenoxy) is 1. The van der Waals surface area contributed by atoms with Crippen LogP contribution in [-0.2, 0) is 15.8 Å². The van der Waals surface area contributed by atoms with E-state index in [9.17, 15) is 14.4 Å². The second kappa shape index (κ2) is 6.31. The van der Waals surface area contributed by atoms with Crippen LogP contribution in [0.4, 0.5) is 11.8 Å².